The average Bonchev–Trinajstić information content (AvgIpc) is 2.13. The molecule has 90 valence electrons. The van der Waals surface area contributed by atoms with Crippen molar-refractivity contribution in [1.29, 1.82) is 0 Å². The van der Waals surface area contributed by atoms with Gasteiger partial charge < -0.3 is 4.43 Å². The Hall–Kier alpha value is -0.763. The first-order valence-electron chi connectivity index (χ1n) is 5.86. The summed E-state index contributed by atoms with van der Waals surface area (Å²) in [4.78, 5) is 0. The maximum absolute atomic E-state index is 5.65. The van der Waals surface area contributed by atoms with Crippen molar-refractivity contribution in [2.75, 3.05) is 0 Å². The van der Waals surface area contributed by atoms with Gasteiger partial charge in [0.25, 0.3) is 0 Å². The molecule has 0 saturated heterocycles. The SMILES string of the molecule is CC(C)(C)c1cccc(O[SiH3])c1C(C)(C)C. The molecule has 0 radical (unpaired) electrons. The van der Waals surface area contributed by atoms with Crippen LogP contribution in [0.1, 0.15) is 52.7 Å². The van der Waals surface area contributed by atoms with Gasteiger partial charge in [0, 0.05) is 5.56 Å². The molecule has 1 rings (SSSR count). The van der Waals surface area contributed by atoms with Gasteiger partial charge in [0.15, 0.2) is 0 Å². The van der Waals surface area contributed by atoms with E-state index in [1.165, 1.54) is 11.1 Å². The van der Waals surface area contributed by atoms with Crippen molar-refractivity contribution in [1.82, 2.24) is 0 Å². The van der Waals surface area contributed by atoms with Crippen molar-refractivity contribution in [2.45, 2.75) is 52.4 Å². The lowest BCUT2D eigenvalue weighted by Crippen LogP contribution is -2.22. The maximum Gasteiger partial charge on any atom is 0.204 e. The quantitative estimate of drug-likeness (QED) is 0.681. The summed E-state index contributed by atoms with van der Waals surface area (Å²) in [6.07, 6.45) is 0. The largest absolute Gasteiger partial charge is 0.553 e. The molecule has 0 unspecified atom stereocenters. The fourth-order valence-corrected chi connectivity index (χ4v) is 2.44. The highest BCUT2D eigenvalue weighted by Crippen LogP contribution is 2.39. The van der Waals surface area contributed by atoms with Crippen molar-refractivity contribution >= 4 is 10.5 Å². The van der Waals surface area contributed by atoms with E-state index in [1.54, 1.807) is 0 Å². The Kier molecular flexibility index (Phi) is 3.53. The van der Waals surface area contributed by atoms with Gasteiger partial charge in [-0.15, -0.1) is 0 Å². The van der Waals surface area contributed by atoms with E-state index in [0.29, 0.717) is 0 Å². The number of benzene rings is 1. The molecular formula is C14H24OSi. The fourth-order valence-electron chi connectivity index (χ4n) is 2.10. The Labute approximate surface area is 103 Å². The second-order valence-corrected chi connectivity index (χ2v) is 6.79. The van der Waals surface area contributed by atoms with E-state index in [2.05, 4.69) is 59.7 Å². The zero-order valence-corrected chi connectivity index (χ0v) is 13.6. The third-order valence-corrected chi connectivity index (χ3v) is 3.24. The molecular weight excluding hydrogens is 212 g/mol. The fraction of sp³-hybridized carbons (Fsp3) is 0.571. The summed E-state index contributed by atoms with van der Waals surface area (Å²) in [5.41, 5.74) is 3.05. The van der Waals surface area contributed by atoms with Gasteiger partial charge in [-0.3, -0.25) is 0 Å². The maximum atomic E-state index is 5.65. The van der Waals surface area contributed by atoms with Crippen molar-refractivity contribution in [3.8, 4) is 5.75 Å². The molecule has 16 heavy (non-hydrogen) atoms. The van der Waals surface area contributed by atoms with E-state index in [4.69, 9.17) is 4.43 Å². The first-order valence-corrected chi connectivity index (χ1v) is 6.67. The van der Waals surface area contributed by atoms with Crippen LogP contribution < -0.4 is 4.43 Å². The lowest BCUT2D eigenvalue weighted by Gasteiger charge is -2.31. The Balaban J connectivity index is 3.51. The molecule has 0 aromatic heterocycles. The van der Waals surface area contributed by atoms with Crippen LogP contribution in [0.2, 0.25) is 0 Å². The highest BCUT2D eigenvalue weighted by Gasteiger charge is 2.27. The van der Waals surface area contributed by atoms with Gasteiger partial charge in [-0.2, -0.15) is 0 Å². The van der Waals surface area contributed by atoms with Crippen molar-refractivity contribution in [3.05, 3.63) is 29.3 Å². The van der Waals surface area contributed by atoms with Crippen LogP contribution in [0, 0.1) is 0 Å². The lowest BCUT2D eigenvalue weighted by molar-refractivity contribution is 0.499. The van der Waals surface area contributed by atoms with Crippen molar-refractivity contribution in [2.24, 2.45) is 0 Å². The van der Waals surface area contributed by atoms with E-state index in [9.17, 15) is 0 Å². The van der Waals surface area contributed by atoms with Gasteiger partial charge in [0.05, 0.1) is 0 Å². The zero-order valence-electron chi connectivity index (χ0n) is 11.6. The second kappa shape index (κ2) is 4.25. The van der Waals surface area contributed by atoms with Crippen LogP contribution in [0.5, 0.6) is 5.75 Å². The van der Waals surface area contributed by atoms with Gasteiger partial charge in [-0.05, 0) is 22.5 Å². The molecule has 0 N–H and O–H groups in total. The summed E-state index contributed by atoms with van der Waals surface area (Å²) in [7, 11) is 0.744. The third-order valence-electron chi connectivity index (χ3n) is 2.80. The molecule has 0 aliphatic rings. The van der Waals surface area contributed by atoms with Crippen LogP contribution in [0.3, 0.4) is 0 Å². The molecule has 0 spiro atoms. The first-order chi connectivity index (χ1) is 7.18. The Morgan fingerprint density at radius 3 is 1.88 bits per heavy atom. The van der Waals surface area contributed by atoms with E-state index in [0.717, 1.165) is 16.2 Å². The van der Waals surface area contributed by atoms with Crippen LogP contribution in [0.4, 0.5) is 0 Å². The molecule has 0 saturated carbocycles. The molecule has 1 nitrogen and oxygen atoms in total. The zero-order chi connectivity index (χ0) is 12.6. The van der Waals surface area contributed by atoms with Crippen LogP contribution in [-0.4, -0.2) is 10.5 Å². The van der Waals surface area contributed by atoms with Crippen LogP contribution in [0.15, 0.2) is 18.2 Å². The monoisotopic (exact) mass is 236 g/mol. The van der Waals surface area contributed by atoms with Crippen molar-refractivity contribution < 1.29 is 4.43 Å². The molecule has 0 amide bonds. The highest BCUT2D eigenvalue weighted by molar-refractivity contribution is 6.00. The predicted molar refractivity (Wildman–Crippen MR) is 74.4 cm³/mol. The minimum atomic E-state index is 0.129. The summed E-state index contributed by atoms with van der Waals surface area (Å²) >= 11 is 0. The predicted octanol–water partition coefficient (Wildman–Crippen LogP) is 2.94. The van der Waals surface area contributed by atoms with E-state index in [1.807, 2.05) is 0 Å². The molecule has 0 bridgehead atoms. The second-order valence-electron chi connectivity index (χ2n) is 6.38. The van der Waals surface area contributed by atoms with E-state index >= 15 is 0 Å². The summed E-state index contributed by atoms with van der Waals surface area (Å²) in [6, 6.07) is 6.41. The minimum absolute atomic E-state index is 0.129. The molecule has 0 aliphatic heterocycles. The van der Waals surface area contributed by atoms with Gasteiger partial charge in [0.1, 0.15) is 5.75 Å². The smallest absolute Gasteiger partial charge is 0.204 e. The normalized spacial score (nSPS) is 12.9. The molecule has 1 aromatic rings. The Morgan fingerprint density at radius 1 is 0.938 bits per heavy atom. The van der Waals surface area contributed by atoms with E-state index in [-0.39, 0.29) is 10.8 Å². The first kappa shape index (κ1) is 13.3. The molecule has 0 aliphatic carbocycles. The lowest BCUT2D eigenvalue weighted by atomic mass is 9.75. The molecule has 0 heterocycles. The number of rotatable bonds is 1. The summed E-state index contributed by atoms with van der Waals surface area (Å²) < 4.78 is 5.65. The standard InChI is InChI=1S/C14H24OSi/c1-13(2,3)10-8-7-9-11(15-16)12(10)14(4,5)6/h7-9H,1-6,16H3. The Morgan fingerprint density at radius 2 is 1.50 bits per heavy atom. The van der Waals surface area contributed by atoms with Crippen LogP contribution in [0.25, 0.3) is 0 Å². The molecule has 2 heteroatoms. The van der Waals surface area contributed by atoms with Gasteiger partial charge >= 0.3 is 0 Å². The highest BCUT2D eigenvalue weighted by atomic mass is 28.2. The summed E-state index contributed by atoms with van der Waals surface area (Å²) in [5, 5.41) is 0. The van der Waals surface area contributed by atoms with Gasteiger partial charge in [0.2, 0.25) is 10.5 Å². The van der Waals surface area contributed by atoms with Gasteiger partial charge in [-0.1, -0.05) is 53.7 Å². The molecule has 0 fully saturated rings. The topological polar surface area (TPSA) is 9.23 Å². The van der Waals surface area contributed by atoms with Crippen LogP contribution >= 0.6 is 0 Å². The number of hydrogen-bond donors (Lipinski definition) is 0. The van der Waals surface area contributed by atoms with Gasteiger partial charge in [-0.25, -0.2) is 0 Å². The third kappa shape index (κ3) is 2.67. The molecule has 1 aromatic carbocycles. The van der Waals surface area contributed by atoms with Crippen LogP contribution in [-0.2, 0) is 10.8 Å². The minimum Gasteiger partial charge on any atom is -0.553 e. The summed E-state index contributed by atoms with van der Waals surface area (Å²) in [6.45, 7) is 13.5. The summed E-state index contributed by atoms with van der Waals surface area (Å²) in [5.74, 6) is 1.06. The Bertz CT molecular complexity index is 369. The molecule has 0 atom stereocenters. The van der Waals surface area contributed by atoms with Crippen molar-refractivity contribution in [3.63, 3.8) is 0 Å². The number of hydrogen-bond acceptors (Lipinski definition) is 1. The van der Waals surface area contributed by atoms with E-state index < -0.39 is 0 Å². The average molecular weight is 236 g/mol.